The molecule has 4 nitrogen and oxygen atoms in total. The molecule has 22 heavy (non-hydrogen) atoms. The van der Waals surface area contributed by atoms with Gasteiger partial charge in [-0.25, -0.2) is 0 Å². The molecule has 0 saturated heterocycles. The molecule has 0 aliphatic rings. The van der Waals surface area contributed by atoms with Crippen LogP contribution in [0.4, 0.5) is 0 Å². The second-order valence-electron chi connectivity index (χ2n) is 5.93. The smallest absolute Gasteiger partial charge is 0.125 e. The third-order valence-corrected chi connectivity index (χ3v) is 3.88. The Bertz CT molecular complexity index is 213. The summed E-state index contributed by atoms with van der Waals surface area (Å²) < 4.78 is 0. The SMILES string of the molecule is CCCCCCCCCCNCCCC(O)C(C)C=O.CO. The molecule has 2 unspecified atom stereocenters. The Balaban J connectivity index is 0. The van der Waals surface area contributed by atoms with E-state index in [-0.39, 0.29) is 5.92 Å². The van der Waals surface area contributed by atoms with Crippen LogP contribution in [-0.4, -0.2) is 42.8 Å². The summed E-state index contributed by atoms with van der Waals surface area (Å²) in [5, 5.41) is 20.0. The molecule has 4 heteroatoms. The van der Waals surface area contributed by atoms with Gasteiger partial charge in [0.2, 0.25) is 0 Å². The van der Waals surface area contributed by atoms with Gasteiger partial charge in [-0.2, -0.15) is 0 Å². The molecule has 0 aliphatic carbocycles. The largest absolute Gasteiger partial charge is 0.400 e. The predicted octanol–water partition coefficient (Wildman–Crippen LogP) is 3.30. The fraction of sp³-hybridized carbons (Fsp3) is 0.944. The molecule has 0 aromatic heterocycles. The van der Waals surface area contributed by atoms with Gasteiger partial charge in [0.15, 0.2) is 0 Å². The van der Waals surface area contributed by atoms with Crippen molar-refractivity contribution in [2.45, 2.75) is 84.2 Å². The number of aldehydes is 1. The number of hydrogen-bond acceptors (Lipinski definition) is 4. The van der Waals surface area contributed by atoms with Gasteiger partial charge in [0, 0.05) is 13.0 Å². The average Bonchev–Trinajstić information content (AvgIpc) is 2.56. The summed E-state index contributed by atoms with van der Waals surface area (Å²) >= 11 is 0. The molecule has 0 rings (SSSR count). The minimum Gasteiger partial charge on any atom is -0.400 e. The Kier molecular flexibility index (Phi) is 22.2. The number of carbonyl (C=O) groups is 1. The first-order valence-electron chi connectivity index (χ1n) is 9.01. The molecule has 0 heterocycles. The molecule has 3 N–H and O–H groups in total. The Labute approximate surface area is 137 Å². The van der Waals surface area contributed by atoms with Crippen molar-refractivity contribution in [3.8, 4) is 0 Å². The molecule has 0 radical (unpaired) electrons. The molecule has 0 aromatic rings. The molecule has 134 valence electrons. The molecule has 0 fully saturated rings. The van der Waals surface area contributed by atoms with Gasteiger partial charge < -0.3 is 20.3 Å². The molecule has 0 spiro atoms. The van der Waals surface area contributed by atoms with Gasteiger partial charge in [-0.15, -0.1) is 0 Å². The Morgan fingerprint density at radius 1 is 0.909 bits per heavy atom. The summed E-state index contributed by atoms with van der Waals surface area (Å²) in [5.41, 5.74) is 0. The topological polar surface area (TPSA) is 69.6 Å². The number of aliphatic hydroxyl groups excluding tert-OH is 2. The first-order chi connectivity index (χ1) is 10.7. The van der Waals surface area contributed by atoms with Crippen LogP contribution in [-0.2, 0) is 4.79 Å². The van der Waals surface area contributed by atoms with Crippen molar-refractivity contribution in [2.75, 3.05) is 20.2 Å². The van der Waals surface area contributed by atoms with E-state index in [4.69, 9.17) is 5.11 Å². The van der Waals surface area contributed by atoms with E-state index in [1.54, 1.807) is 6.92 Å². The van der Waals surface area contributed by atoms with Gasteiger partial charge in [-0.1, -0.05) is 58.8 Å². The van der Waals surface area contributed by atoms with Gasteiger partial charge in [-0.05, 0) is 32.4 Å². The van der Waals surface area contributed by atoms with Crippen LogP contribution in [0.25, 0.3) is 0 Å². The minimum absolute atomic E-state index is 0.234. The first-order valence-corrected chi connectivity index (χ1v) is 9.01. The highest BCUT2D eigenvalue weighted by Gasteiger charge is 2.11. The van der Waals surface area contributed by atoms with Crippen LogP contribution >= 0.6 is 0 Å². The standard InChI is InChI=1S/C17H35NO2.CH4O/c1-3-4-5-6-7-8-9-10-13-18-14-11-12-17(20)16(2)15-19;1-2/h15-18,20H,3-14H2,1-2H3;2H,1H3. The summed E-state index contributed by atoms with van der Waals surface area (Å²) in [5.74, 6) is -0.234. The second kappa shape index (κ2) is 20.6. The van der Waals surface area contributed by atoms with Crippen LogP contribution in [0.5, 0.6) is 0 Å². The lowest BCUT2D eigenvalue weighted by Crippen LogP contribution is -2.22. The molecule has 2 atom stereocenters. The van der Waals surface area contributed by atoms with Crippen molar-refractivity contribution in [1.29, 1.82) is 0 Å². The fourth-order valence-electron chi connectivity index (χ4n) is 2.30. The van der Waals surface area contributed by atoms with E-state index in [2.05, 4.69) is 12.2 Å². The summed E-state index contributed by atoms with van der Waals surface area (Å²) in [6, 6.07) is 0. The number of carbonyl (C=O) groups excluding carboxylic acids is 1. The number of hydrogen-bond donors (Lipinski definition) is 3. The monoisotopic (exact) mass is 317 g/mol. The van der Waals surface area contributed by atoms with Gasteiger partial charge in [0.1, 0.15) is 6.29 Å². The molecule has 0 saturated carbocycles. The average molecular weight is 318 g/mol. The molecule has 0 aliphatic heterocycles. The Morgan fingerprint density at radius 3 is 1.95 bits per heavy atom. The third-order valence-electron chi connectivity index (χ3n) is 3.88. The van der Waals surface area contributed by atoms with E-state index in [0.29, 0.717) is 6.42 Å². The van der Waals surface area contributed by atoms with Crippen LogP contribution < -0.4 is 5.32 Å². The van der Waals surface area contributed by atoms with Crippen molar-refractivity contribution in [3.63, 3.8) is 0 Å². The zero-order valence-electron chi connectivity index (χ0n) is 15.0. The summed E-state index contributed by atoms with van der Waals surface area (Å²) in [6.07, 6.45) is 12.8. The highest BCUT2D eigenvalue weighted by molar-refractivity contribution is 5.53. The van der Waals surface area contributed by atoms with Crippen LogP contribution in [0.3, 0.4) is 0 Å². The first kappa shape index (κ1) is 23.8. The van der Waals surface area contributed by atoms with Crippen LogP contribution in [0.2, 0.25) is 0 Å². The number of rotatable bonds is 15. The number of unbranched alkanes of at least 4 members (excludes halogenated alkanes) is 7. The zero-order valence-corrected chi connectivity index (χ0v) is 15.0. The van der Waals surface area contributed by atoms with E-state index in [9.17, 15) is 9.90 Å². The van der Waals surface area contributed by atoms with E-state index >= 15 is 0 Å². The normalized spacial score (nSPS) is 13.1. The lowest BCUT2D eigenvalue weighted by molar-refractivity contribution is -0.113. The quantitative estimate of drug-likeness (QED) is 0.320. The third kappa shape index (κ3) is 17.6. The number of aliphatic hydroxyl groups is 2. The number of nitrogens with one attached hydrogen (secondary N) is 1. The lowest BCUT2D eigenvalue weighted by Gasteiger charge is -2.13. The maximum atomic E-state index is 10.5. The fourth-order valence-corrected chi connectivity index (χ4v) is 2.30. The van der Waals surface area contributed by atoms with Crippen LogP contribution in [0.1, 0.15) is 78.1 Å². The molecule has 0 amide bonds. The van der Waals surface area contributed by atoms with Crippen LogP contribution in [0, 0.1) is 5.92 Å². The zero-order chi connectivity index (χ0) is 17.1. The molecular formula is C18H39NO3. The highest BCUT2D eigenvalue weighted by Crippen LogP contribution is 2.08. The van der Waals surface area contributed by atoms with E-state index < -0.39 is 6.10 Å². The lowest BCUT2D eigenvalue weighted by atomic mass is 10.0. The highest BCUT2D eigenvalue weighted by atomic mass is 16.3. The van der Waals surface area contributed by atoms with Gasteiger partial charge in [0.25, 0.3) is 0 Å². The summed E-state index contributed by atoms with van der Waals surface area (Å²) in [7, 11) is 1.00. The van der Waals surface area contributed by atoms with E-state index in [0.717, 1.165) is 32.9 Å². The molecule has 0 aromatic carbocycles. The Morgan fingerprint density at radius 2 is 1.41 bits per heavy atom. The van der Waals surface area contributed by atoms with Crippen molar-refractivity contribution < 1.29 is 15.0 Å². The van der Waals surface area contributed by atoms with Gasteiger partial charge in [0.05, 0.1) is 6.10 Å². The maximum Gasteiger partial charge on any atom is 0.125 e. The maximum absolute atomic E-state index is 10.5. The van der Waals surface area contributed by atoms with E-state index in [1.165, 1.54) is 51.4 Å². The second-order valence-corrected chi connectivity index (χ2v) is 5.93. The summed E-state index contributed by atoms with van der Waals surface area (Å²) in [4.78, 5) is 10.5. The van der Waals surface area contributed by atoms with E-state index in [1.807, 2.05) is 0 Å². The molecule has 0 bridgehead atoms. The van der Waals surface area contributed by atoms with Crippen molar-refractivity contribution >= 4 is 6.29 Å². The van der Waals surface area contributed by atoms with Crippen LogP contribution in [0.15, 0.2) is 0 Å². The molecular weight excluding hydrogens is 278 g/mol. The van der Waals surface area contributed by atoms with Gasteiger partial charge in [-0.3, -0.25) is 0 Å². The Hall–Kier alpha value is -0.450. The van der Waals surface area contributed by atoms with Crippen molar-refractivity contribution in [3.05, 3.63) is 0 Å². The van der Waals surface area contributed by atoms with Crippen molar-refractivity contribution in [2.24, 2.45) is 5.92 Å². The summed E-state index contributed by atoms with van der Waals surface area (Å²) in [6.45, 7) is 6.04. The van der Waals surface area contributed by atoms with Crippen molar-refractivity contribution in [1.82, 2.24) is 5.32 Å². The van der Waals surface area contributed by atoms with Gasteiger partial charge >= 0.3 is 0 Å². The predicted molar refractivity (Wildman–Crippen MR) is 94.1 cm³/mol. The minimum atomic E-state index is -0.475.